The Balaban J connectivity index is 1.47. The summed E-state index contributed by atoms with van der Waals surface area (Å²) in [7, 11) is -3.60. The zero-order valence-electron chi connectivity index (χ0n) is 16.8. The lowest BCUT2D eigenvalue weighted by Gasteiger charge is -2.20. The molecule has 0 unspecified atom stereocenters. The summed E-state index contributed by atoms with van der Waals surface area (Å²) in [5.74, 6) is 0. The molecule has 0 aromatic heterocycles. The van der Waals surface area contributed by atoms with Crippen molar-refractivity contribution in [2.75, 3.05) is 21.5 Å². The van der Waals surface area contributed by atoms with Crippen LogP contribution in [-0.4, -0.2) is 20.1 Å². The summed E-state index contributed by atoms with van der Waals surface area (Å²) in [6, 6.07) is 20.4. The first kappa shape index (κ1) is 20.4. The number of aryl methyl sites for hydroxylation is 2. The van der Waals surface area contributed by atoms with Gasteiger partial charge in [0, 0.05) is 17.9 Å². The van der Waals surface area contributed by atoms with Crippen LogP contribution in [0.25, 0.3) is 0 Å². The average Bonchev–Trinajstić information content (AvgIpc) is 3.15. The standard InChI is InChI=1S/C23H23N3O2S2/c1-16-7-12-21(17(2)15-16)25-23(29)24-19-8-10-20(11-9-19)30(27,28)26-14-13-18-5-3-4-6-22(18)26/h3-12,15H,13-14H2,1-2H3,(H2,24,25,29). The summed E-state index contributed by atoms with van der Waals surface area (Å²) in [6.07, 6.45) is 0.730. The zero-order chi connectivity index (χ0) is 21.3. The van der Waals surface area contributed by atoms with E-state index in [0.29, 0.717) is 11.7 Å². The van der Waals surface area contributed by atoms with E-state index in [1.807, 2.05) is 50.2 Å². The van der Waals surface area contributed by atoms with Crippen molar-refractivity contribution in [3.63, 3.8) is 0 Å². The minimum absolute atomic E-state index is 0.262. The molecule has 0 fully saturated rings. The van der Waals surface area contributed by atoms with Crippen molar-refractivity contribution in [2.24, 2.45) is 0 Å². The monoisotopic (exact) mass is 437 g/mol. The Morgan fingerprint density at radius 1 is 0.967 bits per heavy atom. The van der Waals surface area contributed by atoms with Gasteiger partial charge in [-0.2, -0.15) is 0 Å². The fraction of sp³-hybridized carbons (Fsp3) is 0.174. The summed E-state index contributed by atoms with van der Waals surface area (Å²) in [5, 5.41) is 6.74. The molecule has 0 amide bonds. The number of rotatable bonds is 4. The van der Waals surface area contributed by atoms with Gasteiger partial charge in [-0.1, -0.05) is 35.9 Å². The number of para-hydroxylation sites is 1. The van der Waals surface area contributed by atoms with Crippen molar-refractivity contribution in [1.82, 2.24) is 0 Å². The topological polar surface area (TPSA) is 61.4 Å². The van der Waals surface area contributed by atoms with Crippen LogP contribution in [0, 0.1) is 13.8 Å². The summed E-state index contributed by atoms with van der Waals surface area (Å²) in [6.45, 7) is 4.53. The van der Waals surface area contributed by atoms with Gasteiger partial charge in [-0.25, -0.2) is 8.42 Å². The van der Waals surface area contributed by atoms with Crippen LogP contribution >= 0.6 is 12.2 Å². The second kappa shape index (κ2) is 8.08. The Bertz CT molecular complexity index is 1210. The Morgan fingerprint density at radius 2 is 1.70 bits per heavy atom. The molecular formula is C23H23N3O2S2. The van der Waals surface area contributed by atoms with E-state index in [4.69, 9.17) is 12.2 Å². The first-order valence-corrected chi connectivity index (χ1v) is 11.6. The van der Waals surface area contributed by atoms with Crippen LogP contribution in [0.15, 0.2) is 71.6 Å². The molecule has 1 aliphatic heterocycles. The van der Waals surface area contributed by atoms with E-state index in [1.54, 1.807) is 24.3 Å². The van der Waals surface area contributed by atoms with Gasteiger partial charge < -0.3 is 10.6 Å². The average molecular weight is 438 g/mol. The third-order valence-electron chi connectivity index (χ3n) is 5.17. The van der Waals surface area contributed by atoms with E-state index < -0.39 is 10.0 Å². The number of hydrogen-bond acceptors (Lipinski definition) is 3. The molecule has 5 nitrogen and oxygen atoms in total. The van der Waals surface area contributed by atoms with Crippen molar-refractivity contribution in [3.8, 4) is 0 Å². The lowest BCUT2D eigenvalue weighted by molar-refractivity contribution is 0.592. The van der Waals surface area contributed by atoms with E-state index >= 15 is 0 Å². The van der Waals surface area contributed by atoms with Gasteiger partial charge in [-0.15, -0.1) is 0 Å². The number of nitrogens with zero attached hydrogens (tertiary/aromatic N) is 1. The van der Waals surface area contributed by atoms with Gasteiger partial charge in [-0.3, -0.25) is 4.31 Å². The van der Waals surface area contributed by atoms with Crippen molar-refractivity contribution in [3.05, 3.63) is 83.4 Å². The van der Waals surface area contributed by atoms with E-state index in [9.17, 15) is 8.42 Å². The summed E-state index contributed by atoms with van der Waals surface area (Å²) in [5.41, 5.74) is 5.77. The summed E-state index contributed by atoms with van der Waals surface area (Å²) >= 11 is 5.40. The molecule has 0 saturated heterocycles. The first-order valence-electron chi connectivity index (χ1n) is 9.70. The molecule has 0 bridgehead atoms. The van der Waals surface area contributed by atoms with Gasteiger partial charge in [0.25, 0.3) is 10.0 Å². The number of benzene rings is 3. The largest absolute Gasteiger partial charge is 0.332 e. The van der Waals surface area contributed by atoms with E-state index in [1.165, 1.54) is 9.87 Å². The van der Waals surface area contributed by atoms with E-state index in [2.05, 4.69) is 16.7 Å². The van der Waals surface area contributed by atoms with Crippen LogP contribution in [0.3, 0.4) is 0 Å². The van der Waals surface area contributed by atoms with E-state index in [-0.39, 0.29) is 4.90 Å². The van der Waals surface area contributed by atoms with Gasteiger partial charge in [0.1, 0.15) is 0 Å². The number of anilines is 3. The Kier molecular flexibility index (Phi) is 5.49. The maximum Gasteiger partial charge on any atom is 0.264 e. The predicted octanol–water partition coefficient (Wildman–Crippen LogP) is 4.86. The van der Waals surface area contributed by atoms with E-state index in [0.717, 1.165) is 34.6 Å². The highest BCUT2D eigenvalue weighted by Crippen LogP contribution is 2.32. The highest BCUT2D eigenvalue weighted by molar-refractivity contribution is 7.92. The predicted molar refractivity (Wildman–Crippen MR) is 127 cm³/mol. The van der Waals surface area contributed by atoms with Gasteiger partial charge in [0.2, 0.25) is 0 Å². The lowest BCUT2D eigenvalue weighted by Crippen LogP contribution is -2.29. The molecule has 30 heavy (non-hydrogen) atoms. The second-order valence-electron chi connectivity index (χ2n) is 7.38. The lowest BCUT2D eigenvalue weighted by atomic mass is 10.1. The van der Waals surface area contributed by atoms with Crippen LogP contribution in [-0.2, 0) is 16.4 Å². The van der Waals surface area contributed by atoms with Crippen LogP contribution < -0.4 is 14.9 Å². The van der Waals surface area contributed by atoms with Crippen molar-refractivity contribution in [2.45, 2.75) is 25.2 Å². The van der Waals surface area contributed by atoms with Crippen molar-refractivity contribution < 1.29 is 8.42 Å². The maximum atomic E-state index is 13.1. The molecule has 1 heterocycles. The molecule has 3 aromatic carbocycles. The van der Waals surface area contributed by atoms with Crippen LogP contribution in [0.5, 0.6) is 0 Å². The quantitative estimate of drug-likeness (QED) is 0.571. The molecule has 0 aliphatic carbocycles. The third-order valence-corrected chi connectivity index (χ3v) is 7.21. The fourth-order valence-corrected chi connectivity index (χ4v) is 5.36. The molecule has 7 heteroatoms. The molecule has 0 saturated carbocycles. The molecular weight excluding hydrogens is 414 g/mol. The van der Waals surface area contributed by atoms with Gasteiger partial charge in [0.15, 0.2) is 5.11 Å². The minimum Gasteiger partial charge on any atom is -0.332 e. The number of sulfonamides is 1. The van der Waals surface area contributed by atoms with Crippen molar-refractivity contribution >= 4 is 44.4 Å². The minimum atomic E-state index is -3.60. The maximum absolute atomic E-state index is 13.1. The number of thiocarbonyl (C=S) groups is 1. The smallest absolute Gasteiger partial charge is 0.264 e. The third kappa shape index (κ3) is 4.04. The molecule has 0 atom stereocenters. The molecule has 0 radical (unpaired) electrons. The first-order chi connectivity index (χ1) is 14.3. The second-order valence-corrected chi connectivity index (χ2v) is 9.65. The Hall–Kier alpha value is -2.90. The number of fused-ring (bicyclic) bond motifs is 1. The SMILES string of the molecule is Cc1ccc(NC(=S)Nc2ccc(S(=O)(=O)N3CCc4ccccc43)cc2)c(C)c1. The van der Waals surface area contributed by atoms with Gasteiger partial charge in [0.05, 0.1) is 10.6 Å². The normalized spacial score (nSPS) is 13.1. The molecule has 4 rings (SSSR count). The van der Waals surface area contributed by atoms with Crippen LogP contribution in [0.2, 0.25) is 0 Å². The zero-order valence-corrected chi connectivity index (χ0v) is 18.5. The molecule has 0 spiro atoms. The van der Waals surface area contributed by atoms with Crippen LogP contribution in [0.4, 0.5) is 17.1 Å². The summed E-state index contributed by atoms with van der Waals surface area (Å²) < 4.78 is 27.7. The molecule has 2 N–H and O–H groups in total. The van der Waals surface area contributed by atoms with Crippen LogP contribution in [0.1, 0.15) is 16.7 Å². The fourth-order valence-electron chi connectivity index (χ4n) is 3.63. The molecule has 154 valence electrons. The Morgan fingerprint density at radius 3 is 2.43 bits per heavy atom. The molecule has 3 aromatic rings. The molecule has 1 aliphatic rings. The van der Waals surface area contributed by atoms with Crippen molar-refractivity contribution in [1.29, 1.82) is 0 Å². The van der Waals surface area contributed by atoms with Gasteiger partial charge in [-0.05, 0) is 80.0 Å². The summed E-state index contributed by atoms with van der Waals surface area (Å²) in [4.78, 5) is 0.262. The van der Waals surface area contributed by atoms with Gasteiger partial charge >= 0.3 is 0 Å². The number of nitrogens with one attached hydrogen (secondary N) is 2. The highest BCUT2D eigenvalue weighted by atomic mass is 32.2. The Labute approximate surface area is 182 Å². The highest BCUT2D eigenvalue weighted by Gasteiger charge is 2.30. The number of hydrogen-bond donors (Lipinski definition) is 2.